The van der Waals surface area contributed by atoms with E-state index < -0.39 is 11.0 Å². The molecule has 1 amide bonds. The summed E-state index contributed by atoms with van der Waals surface area (Å²) in [5, 5.41) is 11.5. The van der Waals surface area contributed by atoms with Crippen LogP contribution in [0, 0.1) is 10.1 Å². The minimum atomic E-state index is -0.661. The van der Waals surface area contributed by atoms with Crippen LogP contribution in [-0.4, -0.2) is 16.9 Å². The first-order valence-electron chi connectivity index (χ1n) is 6.97. The molecular weight excluding hydrogens is 320 g/mol. The summed E-state index contributed by atoms with van der Waals surface area (Å²) in [7, 11) is 0. The van der Waals surface area contributed by atoms with Gasteiger partial charge in [-0.15, -0.1) is 0 Å². The van der Waals surface area contributed by atoms with Crippen molar-refractivity contribution in [1.82, 2.24) is 0 Å². The fraction of sp³-hybridized carbons (Fsp3) is 0.188. The second kappa shape index (κ2) is 5.89. The van der Waals surface area contributed by atoms with E-state index in [9.17, 15) is 14.9 Å². The van der Waals surface area contributed by atoms with Crippen molar-refractivity contribution in [3.05, 3.63) is 63.2 Å². The molecule has 2 aromatic carbocycles. The largest absolute Gasteiger partial charge is 0.479 e. The normalized spacial score (nSPS) is 16.7. The Balaban J connectivity index is 2.05. The van der Waals surface area contributed by atoms with Gasteiger partial charge in [0.15, 0.2) is 6.10 Å². The molecule has 0 N–H and O–H groups in total. The van der Waals surface area contributed by atoms with E-state index in [1.807, 2.05) is 12.1 Å². The van der Waals surface area contributed by atoms with Crippen molar-refractivity contribution in [2.45, 2.75) is 19.6 Å². The number of non-ortho nitro benzene ring substituents is 1. The van der Waals surface area contributed by atoms with Crippen molar-refractivity contribution in [3.8, 4) is 5.75 Å². The van der Waals surface area contributed by atoms with Gasteiger partial charge in [-0.2, -0.15) is 0 Å². The standard InChI is InChI=1S/C16H13ClN2O4/c1-10-16(20)18(9-11-4-2-3-5-13(11)17)14-8-12(19(21)22)6-7-15(14)23-10/h2-8,10H,9H2,1H3. The minimum Gasteiger partial charge on any atom is -0.479 e. The molecule has 0 saturated heterocycles. The van der Waals surface area contributed by atoms with Crippen molar-refractivity contribution >= 4 is 28.9 Å². The zero-order valence-corrected chi connectivity index (χ0v) is 13.0. The summed E-state index contributed by atoms with van der Waals surface area (Å²) >= 11 is 6.16. The highest BCUT2D eigenvalue weighted by Gasteiger charge is 2.33. The molecule has 7 heteroatoms. The Morgan fingerprint density at radius 1 is 1.30 bits per heavy atom. The Hall–Kier alpha value is -2.60. The van der Waals surface area contributed by atoms with Crippen molar-refractivity contribution in [1.29, 1.82) is 0 Å². The van der Waals surface area contributed by atoms with E-state index in [4.69, 9.17) is 16.3 Å². The molecule has 1 unspecified atom stereocenters. The van der Waals surface area contributed by atoms with Gasteiger partial charge < -0.3 is 9.64 Å². The van der Waals surface area contributed by atoms with Gasteiger partial charge in [-0.3, -0.25) is 14.9 Å². The molecule has 1 aliphatic heterocycles. The molecule has 0 aliphatic carbocycles. The van der Waals surface area contributed by atoms with Crippen LogP contribution < -0.4 is 9.64 Å². The van der Waals surface area contributed by atoms with Crippen molar-refractivity contribution in [3.63, 3.8) is 0 Å². The predicted octanol–water partition coefficient (Wildman–Crippen LogP) is 3.56. The van der Waals surface area contributed by atoms with E-state index >= 15 is 0 Å². The van der Waals surface area contributed by atoms with E-state index in [-0.39, 0.29) is 18.1 Å². The number of halogens is 1. The number of amides is 1. The average Bonchev–Trinajstić information content (AvgIpc) is 2.53. The van der Waals surface area contributed by atoms with Gasteiger partial charge in [-0.25, -0.2) is 0 Å². The zero-order chi connectivity index (χ0) is 16.6. The minimum absolute atomic E-state index is 0.0983. The third-order valence-corrected chi connectivity index (χ3v) is 4.02. The van der Waals surface area contributed by atoms with Crippen LogP contribution in [0.2, 0.25) is 5.02 Å². The first kappa shape index (κ1) is 15.3. The van der Waals surface area contributed by atoms with Crippen molar-refractivity contribution in [2.75, 3.05) is 4.90 Å². The number of ether oxygens (including phenoxy) is 1. The van der Waals surface area contributed by atoms with Crippen LogP contribution in [0.3, 0.4) is 0 Å². The Kier molecular flexibility index (Phi) is 3.92. The van der Waals surface area contributed by atoms with Crippen LogP contribution in [-0.2, 0) is 11.3 Å². The van der Waals surface area contributed by atoms with Crippen LogP contribution in [0.25, 0.3) is 0 Å². The molecule has 3 rings (SSSR count). The number of hydrogen-bond acceptors (Lipinski definition) is 4. The highest BCUT2D eigenvalue weighted by molar-refractivity contribution is 6.31. The van der Waals surface area contributed by atoms with E-state index in [0.717, 1.165) is 5.56 Å². The van der Waals surface area contributed by atoms with E-state index in [2.05, 4.69) is 0 Å². The molecule has 0 radical (unpaired) electrons. The molecule has 1 atom stereocenters. The molecule has 0 saturated carbocycles. The summed E-state index contributed by atoms with van der Waals surface area (Å²) in [5.41, 5.74) is 1.04. The number of rotatable bonds is 3. The number of anilines is 1. The lowest BCUT2D eigenvalue weighted by molar-refractivity contribution is -0.384. The van der Waals surface area contributed by atoms with Gasteiger partial charge in [0.05, 0.1) is 17.2 Å². The third kappa shape index (κ3) is 2.85. The molecule has 0 bridgehead atoms. The Bertz CT molecular complexity index is 793. The topological polar surface area (TPSA) is 72.7 Å². The fourth-order valence-electron chi connectivity index (χ4n) is 2.47. The lowest BCUT2D eigenvalue weighted by Crippen LogP contribution is -2.44. The number of nitrogens with zero attached hydrogens (tertiary/aromatic N) is 2. The monoisotopic (exact) mass is 332 g/mol. The smallest absolute Gasteiger partial charge is 0.271 e. The fourth-order valence-corrected chi connectivity index (χ4v) is 2.66. The SMILES string of the molecule is CC1Oc2ccc([N+](=O)[O-])cc2N(Cc2ccccc2Cl)C1=O. The maximum absolute atomic E-state index is 12.5. The summed E-state index contributed by atoms with van der Waals surface area (Å²) in [6.07, 6.45) is -0.661. The number of carbonyl (C=O) groups is 1. The van der Waals surface area contributed by atoms with Crippen molar-refractivity contribution < 1.29 is 14.5 Å². The molecule has 0 fully saturated rings. The number of hydrogen-bond donors (Lipinski definition) is 0. The third-order valence-electron chi connectivity index (χ3n) is 3.65. The van der Waals surface area contributed by atoms with Gasteiger partial charge in [-0.1, -0.05) is 29.8 Å². The van der Waals surface area contributed by atoms with E-state index in [1.165, 1.54) is 23.1 Å². The molecule has 6 nitrogen and oxygen atoms in total. The van der Waals surface area contributed by atoms with Gasteiger partial charge in [-0.05, 0) is 24.6 Å². The molecule has 1 heterocycles. The lowest BCUT2D eigenvalue weighted by Gasteiger charge is -2.33. The maximum Gasteiger partial charge on any atom is 0.271 e. The Morgan fingerprint density at radius 2 is 2.04 bits per heavy atom. The van der Waals surface area contributed by atoms with Crippen LogP contribution in [0.5, 0.6) is 5.75 Å². The molecule has 1 aliphatic rings. The maximum atomic E-state index is 12.5. The first-order chi connectivity index (χ1) is 11.0. The average molecular weight is 333 g/mol. The first-order valence-corrected chi connectivity index (χ1v) is 7.35. The van der Waals surface area contributed by atoms with E-state index in [0.29, 0.717) is 16.5 Å². The van der Waals surface area contributed by atoms with Gasteiger partial charge >= 0.3 is 0 Å². The number of nitro groups is 1. The quantitative estimate of drug-likeness (QED) is 0.636. The van der Waals surface area contributed by atoms with Gasteiger partial charge in [0.25, 0.3) is 11.6 Å². The number of benzene rings is 2. The van der Waals surface area contributed by atoms with E-state index in [1.54, 1.807) is 19.1 Å². The summed E-state index contributed by atoms with van der Waals surface area (Å²) in [6, 6.07) is 11.4. The molecule has 0 spiro atoms. The van der Waals surface area contributed by atoms with Crippen LogP contribution in [0.15, 0.2) is 42.5 Å². The molecular formula is C16H13ClN2O4. The van der Waals surface area contributed by atoms with Crippen LogP contribution in [0.4, 0.5) is 11.4 Å². The lowest BCUT2D eigenvalue weighted by atomic mass is 10.1. The Labute approximate surface area is 137 Å². The molecule has 0 aromatic heterocycles. The van der Waals surface area contributed by atoms with Gasteiger partial charge in [0, 0.05) is 17.2 Å². The van der Waals surface area contributed by atoms with Crippen LogP contribution in [0.1, 0.15) is 12.5 Å². The number of carbonyl (C=O) groups excluding carboxylic acids is 1. The number of nitro benzene ring substituents is 1. The second-order valence-corrected chi connectivity index (χ2v) is 5.59. The second-order valence-electron chi connectivity index (χ2n) is 5.19. The van der Waals surface area contributed by atoms with Crippen molar-refractivity contribution in [2.24, 2.45) is 0 Å². The highest BCUT2D eigenvalue weighted by Crippen LogP contribution is 2.38. The predicted molar refractivity (Wildman–Crippen MR) is 85.8 cm³/mol. The Morgan fingerprint density at radius 3 is 2.74 bits per heavy atom. The summed E-state index contributed by atoms with van der Waals surface area (Å²) in [4.78, 5) is 24.4. The molecule has 118 valence electrons. The van der Waals surface area contributed by atoms with Gasteiger partial charge in [0.2, 0.25) is 0 Å². The zero-order valence-electron chi connectivity index (χ0n) is 12.2. The highest BCUT2D eigenvalue weighted by atomic mass is 35.5. The summed E-state index contributed by atoms with van der Waals surface area (Å²) < 4.78 is 5.53. The van der Waals surface area contributed by atoms with Crippen LogP contribution >= 0.6 is 11.6 Å². The molecule has 23 heavy (non-hydrogen) atoms. The number of fused-ring (bicyclic) bond motifs is 1. The van der Waals surface area contributed by atoms with Gasteiger partial charge in [0.1, 0.15) is 5.75 Å². The summed E-state index contributed by atoms with van der Waals surface area (Å²) in [5.74, 6) is 0.174. The molecule has 2 aromatic rings. The summed E-state index contributed by atoms with van der Waals surface area (Å²) in [6.45, 7) is 1.87.